The number of esters is 1. The minimum atomic E-state index is -0.768. The number of hydrogen-bond donors (Lipinski definition) is 1. The molecular formula is C12H14N2O4S. The molecule has 1 saturated carbocycles. The summed E-state index contributed by atoms with van der Waals surface area (Å²) < 4.78 is 4.55. The molecule has 1 aliphatic rings. The van der Waals surface area contributed by atoms with Gasteiger partial charge in [0.1, 0.15) is 5.03 Å². The average molecular weight is 282 g/mol. The van der Waals surface area contributed by atoms with Crippen molar-refractivity contribution in [3.63, 3.8) is 0 Å². The van der Waals surface area contributed by atoms with Crippen molar-refractivity contribution in [1.82, 2.24) is 9.97 Å². The van der Waals surface area contributed by atoms with Gasteiger partial charge in [-0.3, -0.25) is 4.79 Å². The highest BCUT2D eigenvalue weighted by molar-refractivity contribution is 7.99. The maximum absolute atomic E-state index is 11.3. The summed E-state index contributed by atoms with van der Waals surface area (Å²) in [5.41, 5.74) is -0.104. The van der Waals surface area contributed by atoms with E-state index in [2.05, 4.69) is 14.7 Å². The zero-order chi connectivity index (χ0) is 13.9. The molecule has 0 bridgehead atoms. The first-order valence-corrected chi connectivity index (χ1v) is 6.79. The van der Waals surface area contributed by atoms with Gasteiger partial charge in [-0.25, -0.2) is 14.8 Å². The number of hydrogen-bond acceptors (Lipinski definition) is 6. The van der Waals surface area contributed by atoms with Crippen LogP contribution in [0.4, 0.5) is 0 Å². The second-order valence-corrected chi connectivity index (χ2v) is 5.56. The molecule has 0 saturated heterocycles. The Bertz CT molecular complexity index is 502. The van der Waals surface area contributed by atoms with Gasteiger partial charge in [-0.1, -0.05) is 0 Å². The molecule has 1 aromatic heterocycles. The maximum Gasteiger partial charge on any atom is 0.376 e. The Morgan fingerprint density at radius 1 is 1.53 bits per heavy atom. The number of methoxy groups -OCH3 is 1. The minimum absolute atomic E-state index is 0.0237. The van der Waals surface area contributed by atoms with Crippen molar-refractivity contribution in [3.05, 3.63) is 18.1 Å². The van der Waals surface area contributed by atoms with Gasteiger partial charge < -0.3 is 9.84 Å². The Labute approximate surface area is 114 Å². The number of carboxylic acid groups (broad SMARTS) is 1. The van der Waals surface area contributed by atoms with Crippen LogP contribution in [0.5, 0.6) is 0 Å². The lowest BCUT2D eigenvalue weighted by Gasteiger charge is -2.11. The predicted molar refractivity (Wildman–Crippen MR) is 68.0 cm³/mol. The van der Waals surface area contributed by atoms with Gasteiger partial charge in [0.25, 0.3) is 0 Å². The molecule has 0 radical (unpaired) electrons. The van der Waals surface area contributed by atoms with Gasteiger partial charge in [-0.05, 0) is 24.3 Å². The fourth-order valence-electron chi connectivity index (χ4n) is 1.71. The van der Waals surface area contributed by atoms with Gasteiger partial charge in [-0.2, -0.15) is 0 Å². The third-order valence-electron chi connectivity index (χ3n) is 3.01. The minimum Gasteiger partial charge on any atom is -0.481 e. The lowest BCUT2D eigenvalue weighted by molar-refractivity contribution is -0.138. The summed E-state index contributed by atoms with van der Waals surface area (Å²) >= 11 is 1.45. The molecule has 0 spiro atoms. The van der Waals surface area contributed by atoms with E-state index in [1.165, 1.54) is 25.1 Å². The number of carboxylic acids is 1. The topological polar surface area (TPSA) is 89.4 Å². The van der Waals surface area contributed by atoms with Crippen molar-refractivity contribution in [2.45, 2.75) is 24.3 Å². The van der Waals surface area contributed by atoms with Gasteiger partial charge >= 0.3 is 11.9 Å². The predicted octanol–water partition coefficient (Wildman–Crippen LogP) is 1.61. The first-order chi connectivity index (χ1) is 9.04. The van der Waals surface area contributed by atoms with Gasteiger partial charge in [-0.15, -0.1) is 11.8 Å². The number of carbonyl (C=O) groups is 2. The quantitative estimate of drug-likeness (QED) is 0.481. The molecule has 7 heteroatoms. The van der Waals surface area contributed by atoms with Gasteiger partial charge in [0, 0.05) is 11.9 Å². The lowest BCUT2D eigenvalue weighted by Crippen LogP contribution is -2.12. The van der Waals surface area contributed by atoms with Crippen LogP contribution in [0.3, 0.4) is 0 Å². The fraction of sp³-hybridized carbons (Fsp3) is 0.500. The lowest BCUT2D eigenvalue weighted by atomic mass is 10.1. The van der Waals surface area contributed by atoms with E-state index in [0.29, 0.717) is 10.8 Å². The summed E-state index contributed by atoms with van der Waals surface area (Å²) in [4.78, 5) is 30.0. The molecule has 0 aliphatic heterocycles. The number of carbonyl (C=O) groups excluding carboxylic acids is 1. The standard InChI is InChI=1S/C12H14N2O4S/c1-18-11(17)10-13-5-2-8(14-10)19-7-12(3-4-12)6-9(15)16/h2,5H,3-4,6-7H2,1H3,(H,15,16). The van der Waals surface area contributed by atoms with Crippen LogP contribution in [0.15, 0.2) is 17.3 Å². The number of aromatic nitrogens is 2. The largest absolute Gasteiger partial charge is 0.481 e. The van der Waals surface area contributed by atoms with Crippen molar-refractivity contribution in [2.75, 3.05) is 12.9 Å². The molecule has 1 N–H and O–H groups in total. The van der Waals surface area contributed by atoms with Crippen molar-refractivity contribution in [1.29, 1.82) is 0 Å². The van der Waals surface area contributed by atoms with E-state index in [1.54, 1.807) is 6.07 Å². The van der Waals surface area contributed by atoms with Gasteiger partial charge in [0.15, 0.2) is 0 Å². The summed E-state index contributed by atoms with van der Waals surface area (Å²) in [6.07, 6.45) is 3.55. The van der Waals surface area contributed by atoms with E-state index < -0.39 is 11.9 Å². The molecule has 2 rings (SSSR count). The number of ether oxygens (including phenoxy) is 1. The molecule has 0 unspecified atom stereocenters. The van der Waals surface area contributed by atoms with Crippen LogP contribution in [0.2, 0.25) is 0 Å². The molecule has 0 atom stereocenters. The molecule has 1 aromatic rings. The Morgan fingerprint density at radius 2 is 2.26 bits per heavy atom. The third-order valence-corrected chi connectivity index (χ3v) is 4.29. The van der Waals surface area contributed by atoms with Crippen LogP contribution < -0.4 is 0 Å². The van der Waals surface area contributed by atoms with Crippen LogP contribution in [0.1, 0.15) is 29.9 Å². The van der Waals surface area contributed by atoms with Crippen molar-refractivity contribution < 1.29 is 19.4 Å². The van der Waals surface area contributed by atoms with Crippen molar-refractivity contribution in [3.8, 4) is 0 Å². The van der Waals surface area contributed by atoms with E-state index in [4.69, 9.17) is 5.11 Å². The number of rotatable bonds is 6. The Morgan fingerprint density at radius 3 is 2.84 bits per heavy atom. The summed E-state index contributed by atoms with van der Waals surface area (Å²) in [7, 11) is 1.28. The van der Waals surface area contributed by atoms with E-state index in [-0.39, 0.29) is 17.7 Å². The van der Waals surface area contributed by atoms with Gasteiger partial charge in [0.2, 0.25) is 5.82 Å². The van der Waals surface area contributed by atoms with Crippen LogP contribution in [-0.2, 0) is 9.53 Å². The highest BCUT2D eigenvalue weighted by atomic mass is 32.2. The number of aliphatic carboxylic acids is 1. The monoisotopic (exact) mass is 282 g/mol. The SMILES string of the molecule is COC(=O)c1nccc(SCC2(CC(=O)O)CC2)n1. The summed E-state index contributed by atoms with van der Waals surface area (Å²) in [5.74, 6) is -0.627. The van der Waals surface area contributed by atoms with Crippen LogP contribution in [-0.4, -0.2) is 39.9 Å². The zero-order valence-electron chi connectivity index (χ0n) is 10.5. The summed E-state index contributed by atoms with van der Waals surface area (Å²) in [6.45, 7) is 0. The normalized spacial score (nSPS) is 15.8. The van der Waals surface area contributed by atoms with Crippen molar-refractivity contribution >= 4 is 23.7 Å². The Balaban J connectivity index is 1.96. The molecule has 6 nitrogen and oxygen atoms in total. The zero-order valence-corrected chi connectivity index (χ0v) is 11.3. The molecule has 1 heterocycles. The Hall–Kier alpha value is -1.63. The second kappa shape index (κ2) is 5.56. The average Bonchev–Trinajstić information content (AvgIpc) is 3.15. The van der Waals surface area contributed by atoms with E-state index in [9.17, 15) is 9.59 Å². The van der Waals surface area contributed by atoms with E-state index in [1.807, 2.05) is 0 Å². The summed E-state index contributed by atoms with van der Waals surface area (Å²) in [6, 6.07) is 1.70. The third kappa shape index (κ3) is 3.66. The van der Waals surface area contributed by atoms with Crippen LogP contribution in [0, 0.1) is 5.41 Å². The number of thioether (sulfide) groups is 1. The molecule has 0 aromatic carbocycles. The first kappa shape index (κ1) is 13.8. The van der Waals surface area contributed by atoms with Gasteiger partial charge in [0.05, 0.1) is 13.5 Å². The first-order valence-electron chi connectivity index (χ1n) is 5.81. The molecule has 1 aliphatic carbocycles. The molecular weight excluding hydrogens is 268 g/mol. The van der Waals surface area contributed by atoms with Crippen LogP contribution in [0.25, 0.3) is 0 Å². The van der Waals surface area contributed by atoms with Crippen LogP contribution >= 0.6 is 11.8 Å². The van der Waals surface area contributed by atoms with E-state index >= 15 is 0 Å². The molecule has 19 heavy (non-hydrogen) atoms. The maximum atomic E-state index is 11.3. The molecule has 0 amide bonds. The smallest absolute Gasteiger partial charge is 0.376 e. The Kier molecular flexibility index (Phi) is 4.04. The summed E-state index contributed by atoms with van der Waals surface area (Å²) in [5, 5.41) is 9.50. The molecule has 102 valence electrons. The highest BCUT2D eigenvalue weighted by Crippen LogP contribution is 2.51. The highest BCUT2D eigenvalue weighted by Gasteiger charge is 2.44. The number of nitrogens with zero attached hydrogens (tertiary/aromatic N) is 2. The second-order valence-electron chi connectivity index (χ2n) is 4.57. The fourth-order valence-corrected chi connectivity index (χ4v) is 2.86. The van der Waals surface area contributed by atoms with Crippen molar-refractivity contribution in [2.24, 2.45) is 5.41 Å². The molecule has 1 fully saturated rings. The van der Waals surface area contributed by atoms with E-state index in [0.717, 1.165) is 12.8 Å².